The minimum absolute atomic E-state index is 0. The highest BCUT2D eigenvalue weighted by atomic mass is 35.5. The molecule has 0 aromatic carbocycles. The molecule has 0 aliphatic rings. The average Bonchev–Trinajstić information content (AvgIpc) is 1.36. The van der Waals surface area contributed by atoms with Crippen molar-refractivity contribution in [1.29, 1.82) is 0 Å². The van der Waals surface area contributed by atoms with Gasteiger partial charge >= 0.3 is 10.4 Å². The molecule has 0 rings (SSSR count). The Morgan fingerprint density at radius 1 is 1.12 bits per heavy atom. The zero-order valence-electron chi connectivity index (χ0n) is 3.68. The normalized spacial score (nSPS) is 8.00. The Balaban J connectivity index is -0.0000000750. The lowest BCUT2D eigenvalue weighted by Crippen LogP contribution is -2.02. The van der Waals surface area contributed by atoms with Crippen LogP contribution in [0.4, 0.5) is 0 Å². The lowest BCUT2D eigenvalue weighted by Gasteiger charge is -1.68. The van der Waals surface area contributed by atoms with Gasteiger partial charge in [-0.1, -0.05) is 0 Å². The highest BCUT2D eigenvalue weighted by Crippen LogP contribution is 1.59. The van der Waals surface area contributed by atoms with Crippen molar-refractivity contribution >= 4 is 22.8 Å². The van der Waals surface area contributed by atoms with Gasteiger partial charge in [-0.25, -0.2) is 0 Å². The molecule has 6 nitrogen and oxygen atoms in total. The van der Waals surface area contributed by atoms with Crippen LogP contribution in [-0.4, -0.2) is 17.5 Å². The Hall–Kier alpha value is 0.0800. The fourth-order valence-corrected chi connectivity index (χ4v) is 0. The Morgan fingerprint density at radius 3 is 1.12 bits per heavy atom. The van der Waals surface area contributed by atoms with E-state index >= 15 is 0 Å². The molecule has 0 aliphatic heterocycles. The molecule has 0 spiro atoms. The van der Waals surface area contributed by atoms with Gasteiger partial charge in [0.25, 0.3) is 0 Å². The van der Waals surface area contributed by atoms with Crippen LogP contribution in [0.3, 0.4) is 0 Å². The Bertz CT molecular complexity index is 97.2. The summed E-state index contributed by atoms with van der Waals surface area (Å²) in [5, 5.41) is 0. The van der Waals surface area contributed by atoms with Crippen LogP contribution < -0.4 is 11.7 Å². The molecular formula is H7ClN2O4S. The molecule has 0 heterocycles. The molecule has 8 heteroatoms. The van der Waals surface area contributed by atoms with Crippen molar-refractivity contribution in [3.63, 3.8) is 0 Å². The van der Waals surface area contributed by atoms with Crippen molar-refractivity contribution in [3.05, 3.63) is 0 Å². The third-order valence-corrected chi connectivity index (χ3v) is 0. The van der Waals surface area contributed by atoms with Crippen LogP contribution in [0.15, 0.2) is 0 Å². The molecular weight excluding hydrogens is 160 g/mol. The van der Waals surface area contributed by atoms with E-state index < -0.39 is 10.4 Å². The van der Waals surface area contributed by atoms with E-state index in [9.17, 15) is 0 Å². The highest BCUT2D eigenvalue weighted by molar-refractivity contribution is 7.79. The largest absolute Gasteiger partial charge is 0.394 e. The van der Waals surface area contributed by atoms with Gasteiger partial charge in [0.15, 0.2) is 0 Å². The van der Waals surface area contributed by atoms with Gasteiger partial charge in [0.2, 0.25) is 0 Å². The summed E-state index contributed by atoms with van der Waals surface area (Å²) >= 11 is 0. The smallest absolute Gasteiger partial charge is 0.274 e. The van der Waals surface area contributed by atoms with Crippen LogP contribution in [0.5, 0.6) is 0 Å². The first-order valence-corrected chi connectivity index (χ1v) is 2.43. The molecule has 8 heavy (non-hydrogen) atoms. The van der Waals surface area contributed by atoms with Crippen molar-refractivity contribution in [2.75, 3.05) is 0 Å². The first kappa shape index (κ1) is 15.7. The van der Waals surface area contributed by atoms with E-state index in [2.05, 4.69) is 11.7 Å². The summed E-state index contributed by atoms with van der Waals surface area (Å²) < 4.78 is 31.6. The minimum Gasteiger partial charge on any atom is -0.274 e. The minimum atomic E-state index is -4.67. The van der Waals surface area contributed by atoms with Crippen LogP contribution >= 0.6 is 12.4 Å². The fraction of sp³-hybridized carbons (Fsp3) is 0. The zero-order valence-corrected chi connectivity index (χ0v) is 5.32. The van der Waals surface area contributed by atoms with Crippen molar-refractivity contribution in [1.82, 2.24) is 0 Å². The third kappa shape index (κ3) is 24500. The first-order valence-electron chi connectivity index (χ1n) is 1.03. The van der Waals surface area contributed by atoms with Gasteiger partial charge in [0.1, 0.15) is 0 Å². The molecule has 0 aromatic rings. The number of rotatable bonds is 0. The van der Waals surface area contributed by atoms with Crippen LogP contribution in [0.1, 0.15) is 0 Å². The molecule has 0 fully saturated rings. The Kier molecular flexibility index (Phi) is 13.9. The Labute approximate surface area is 52.8 Å². The second-order valence-electron chi connectivity index (χ2n) is 0.448. The molecule has 0 saturated carbocycles. The SMILES string of the molecule is Cl.NN.O=S(=O)(O)O. The van der Waals surface area contributed by atoms with E-state index in [1.165, 1.54) is 0 Å². The number of hydrazine groups is 1. The summed E-state index contributed by atoms with van der Waals surface area (Å²) in [5.74, 6) is 8.00. The molecule has 0 saturated heterocycles. The summed E-state index contributed by atoms with van der Waals surface area (Å²) in [6.07, 6.45) is 0. The zero-order chi connectivity index (χ0) is 6.50. The number of hydrogen-bond donors (Lipinski definition) is 4. The Morgan fingerprint density at radius 2 is 1.12 bits per heavy atom. The summed E-state index contributed by atoms with van der Waals surface area (Å²) in [7, 11) is -4.67. The predicted molar refractivity (Wildman–Crippen MR) is 29.8 cm³/mol. The lowest BCUT2D eigenvalue weighted by atomic mass is 13.0. The molecule has 0 aromatic heterocycles. The van der Waals surface area contributed by atoms with Crippen LogP contribution in [-0.2, 0) is 10.4 Å². The molecule has 6 N–H and O–H groups in total. The highest BCUT2D eigenvalue weighted by Gasteiger charge is 1.84. The van der Waals surface area contributed by atoms with E-state index in [-0.39, 0.29) is 12.4 Å². The quantitative estimate of drug-likeness (QED) is 0.199. The predicted octanol–water partition coefficient (Wildman–Crippen LogP) is -1.41. The molecule has 0 bridgehead atoms. The van der Waals surface area contributed by atoms with Crippen molar-refractivity contribution in [2.45, 2.75) is 0 Å². The standard InChI is InChI=1S/ClH.H4N2.H2O4S/c;1-2;1-5(2,3)4/h1H;1-2H2;(H2,1,2,3,4). The van der Waals surface area contributed by atoms with Crippen LogP contribution in [0.25, 0.3) is 0 Å². The first-order chi connectivity index (χ1) is 3.00. The molecule has 0 unspecified atom stereocenters. The van der Waals surface area contributed by atoms with E-state index in [0.29, 0.717) is 0 Å². The molecule has 54 valence electrons. The molecule has 0 amide bonds. The lowest BCUT2D eigenvalue weighted by molar-refractivity contribution is 0.381. The van der Waals surface area contributed by atoms with Gasteiger partial charge in [-0.3, -0.25) is 20.8 Å². The van der Waals surface area contributed by atoms with E-state index in [4.69, 9.17) is 17.5 Å². The van der Waals surface area contributed by atoms with Gasteiger partial charge in [-0.15, -0.1) is 12.4 Å². The molecule has 0 atom stereocenters. The maximum absolute atomic E-state index is 8.74. The van der Waals surface area contributed by atoms with Crippen LogP contribution in [0, 0.1) is 0 Å². The maximum Gasteiger partial charge on any atom is 0.394 e. The number of nitrogens with two attached hydrogens (primary N) is 2. The monoisotopic (exact) mass is 166 g/mol. The number of hydrogen-bond acceptors (Lipinski definition) is 4. The van der Waals surface area contributed by atoms with Gasteiger partial charge in [-0.2, -0.15) is 8.42 Å². The topological polar surface area (TPSA) is 127 Å². The molecule has 0 aliphatic carbocycles. The number of halogens is 1. The van der Waals surface area contributed by atoms with Gasteiger partial charge < -0.3 is 0 Å². The van der Waals surface area contributed by atoms with Crippen molar-refractivity contribution < 1.29 is 17.5 Å². The van der Waals surface area contributed by atoms with Crippen molar-refractivity contribution in [3.8, 4) is 0 Å². The van der Waals surface area contributed by atoms with E-state index in [0.717, 1.165) is 0 Å². The van der Waals surface area contributed by atoms with Crippen molar-refractivity contribution in [2.24, 2.45) is 11.7 Å². The second kappa shape index (κ2) is 7.08. The maximum atomic E-state index is 8.74. The average molecular weight is 167 g/mol. The van der Waals surface area contributed by atoms with Gasteiger partial charge in [0, 0.05) is 0 Å². The summed E-state index contributed by atoms with van der Waals surface area (Å²) in [5.41, 5.74) is 0. The van der Waals surface area contributed by atoms with Crippen LogP contribution in [0.2, 0.25) is 0 Å². The van der Waals surface area contributed by atoms with Gasteiger partial charge in [0.05, 0.1) is 0 Å². The van der Waals surface area contributed by atoms with E-state index in [1.54, 1.807) is 0 Å². The summed E-state index contributed by atoms with van der Waals surface area (Å²) in [4.78, 5) is 0. The summed E-state index contributed by atoms with van der Waals surface area (Å²) in [6.45, 7) is 0. The van der Waals surface area contributed by atoms with E-state index in [1.807, 2.05) is 0 Å². The van der Waals surface area contributed by atoms with Gasteiger partial charge in [-0.05, 0) is 0 Å². The third-order valence-electron chi connectivity index (χ3n) is 0. The second-order valence-corrected chi connectivity index (χ2v) is 1.34. The molecule has 0 radical (unpaired) electrons. The summed E-state index contributed by atoms with van der Waals surface area (Å²) in [6, 6.07) is 0. The fourth-order valence-electron chi connectivity index (χ4n) is 0.